The van der Waals surface area contributed by atoms with E-state index >= 15 is 0 Å². The van der Waals surface area contributed by atoms with Gasteiger partial charge in [0.1, 0.15) is 11.5 Å². The van der Waals surface area contributed by atoms with Crippen LogP contribution in [0.3, 0.4) is 0 Å². The quantitative estimate of drug-likeness (QED) is 0.414. The molecule has 0 unspecified atom stereocenters. The van der Waals surface area contributed by atoms with Gasteiger partial charge in [0.25, 0.3) is 0 Å². The molecule has 0 radical (unpaired) electrons. The van der Waals surface area contributed by atoms with Gasteiger partial charge in [0.15, 0.2) is 11.5 Å². The zero-order valence-corrected chi connectivity index (χ0v) is 18.9. The third-order valence-corrected chi connectivity index (χ3v) is 5.32. The summed E-state index contributed by atoms with van der Waals surface area (Å²) in [5, 5.41) is 2.82. The fourth-order valence-corrected chi connectivity index (χ4v) is 3.53. The molecule has 0 bridgehead atoms. The number of aromatic nitrogens is 1. The van der Waals surface area contributed by atoms with Crippen molar-refractivity contribution in [3.8, 4) is 23.0 Å². The highest BCUT2D eigenvalue weighted by atomic mass is 16.5. The zero-order chi connectivity index (χ0) is 22.9. The van der Waals surface area contributed by atoms with Crippen molar-refractivity contribution in [2.24, 2.45) is 0 Å². The largest absolute Gasteiger partial charge is 0.493 e. The van der Waals surface area contributed by atoms with E-state index in [1.54, 1.807) is 33.3 Å². The summed E-state index contributed by atoms with van der Waals surface area (Å²) in [6, 6.07) is 5.34. The summed E-state index contributed by atoms with van der Waals surface area (Å²) >= 11 is 0. The van der Waals surface area contributed by atoms with Crippen molar-refractivity contribution >= 4 is 11.7 Å². The summed E-state index contributed by atoms with van der Waals surface area (Å²) in [5.41, 5.74) is 1.24. The Morgan fingerprint density at radius 1 is 1.16 bits per heavy atom. The van der Waals surface area contributed by atoms with Crippen LogP contribution >= 0.6 is 0 Å². The zero-order valence-electron chi connectivity index (χ0n) is 18.9. The summed E-state index contributed by atoms with van der Waals surface area (Å²) in [6.07, 6.45) is 0.719. The molecule has 1 aromatic heterocycles. The van der Waals surface area contributed by atoms with Crippen molar-refractivity contribution < 1.29 is 28.2 Å². The molecule has 2 aromatic rings. The number of hydrogen-bond donors (Lipinski definition) is 1. The van der Waals surface area contributed by atoms with E-state index in [-0.39, 0.29) is 24.5 Å². The number of nitrogens with one attached hydrogen (secondary N) is 1. The van der Waals surface area contributed by atoms with Crippen molar-refractivity contribution in [1.82, 2.24) is 15.2 Å². The first-order valence-corrected chi connectivity index (χ1v) is 10.8. The van der Waals surface area contributed by atoms with Gasteiger partial charge in [-0.15, -0.1) is 0 Å². The van der Waals surface area contributed by atoms with E-state index in [9.17, 15) is 9.59 Å². The van der Waals surface area contributed by atoms with Crippen LogP contribution in [0.25, 0.3) is 11.5 Å². The number of rotatable bonds is 11. The number of hydrogen-bond acceptors (Lipinski definition) is 8. The van der Waals surface area contributed by atoms with Crippen LogP contribution in [0.2, 0.25) is 0 Å². The first-order valence-electron chi connectivity index (χ1n) is 10.8. The molecule has 2 heterocycles. The number of carbonyl (C=O) groups is 2. The monoisotopic (exact) mass is 445 g/mol. The van der Waals surface area contributed by atoms with Crippen molar-refractivity contribution in [3.63, 3.8) is 0 Å². The smallest absolute Gasteiger partial charge is 0.227 e. The number of carbonyl (C=O) groups excluding carboxylic acids is 2. The molecule has 1 N–H and O–H groups in total. The number of benzene rings is 1. The maximum Gasteiger partial charge on any atom is 0.227 e. The molecule has 0 saturated carbocycles. The van der Waals surface area contributed by atoms with Gasteiger partial charge in [-0.05, 0) is 38.1 Å². The van der Waals surface area contributed by atoms with Crippen LogP contribution in [0.4, 0.5) is 0 Å². The lowest BCUT2D eigenvalue weighted by Gasteiger charge is -2.26. The molecule has 1 aliphatic rings. The van der Waals surface area contributed by atoms with E-state index in [2.05, 4.69) is 15.2 Å². The number of ether oxygens (including phenoxy) is 3. The lowest BCUT2D eigenvalue weighted by molar-refractivity contribution is -0.127. The Balaban J connectivity index is 1.47. The minimum atomic E-state index is -0.266. The van der Waals surface area contributed by atoms with Gasteiger partial charge in [0, 0.05) is 25.2 Å². The molecule has 1 aromatic carbocycles. The highest BCUT2D eigenvalue weighted by Gasteiger charge is 2.18. The van der Waals surface area contributed by atoms with E-state index in [1.807, 2.05) is 6.07 Å². The molecule has 174 valence electrons. The van der Waals surface area contributed by atoms with Crippen molar-refractivity contribution in [2.75, 3.05) is 53.6 Å². The van der Waals surface area contributed by atoms with Crippen LogP contribution < -0.4 is 14.8 Å². The van der Waals surface area contributed by atoms with Crippen molar-refractivity contribution in [2.45, 2.75) is 26.2 Å². The van der Waals surface area contributed by atoms with Gasteiger partial charge < -0.3 is 23.9 Å². The Hall–Kier alpha value is -2.91. The van der Waals surface area contributed by atoms with Gasteiger partial charge in [-0.1, -0.05) is 0 Å². The molecule has 9 nitrogen and oxygen atoms in total. The lowest BCUT2D eigenvalue weighted by atomic mass is 10.1. The second-order valence-electron chi connectivity index (χ2n) is 7.64. The standard InChI is InChI=1S/C23H31N3O6/c1-16-19(25-23(32-16)17-5-6-20(29-2)21(13-17)30-3)14-18(27)15-22(28)24-7-4-8-26-9-11-31-12-10-26/h5-6,13H,4,7-12,14-15H2,1-3H3,(H,24,28). The van der Waals surface area contributed by atoms with Gasteiger partial charge in [0.2, 0.25) is 11.8 Å². The summed E-state index contributed by atoms with van der Waals surface area (Å²) in [4.78, 5) is 31.2. The predicted molar refractivity (Wildman–Crippen MR) is 118 cm³/mol. The number of Topliss-reactive ketones (excluding diaryl/α,β-unsaturated/α-hetero) is 1. The molecule has 3 rings (SSSR count). The molecule has 1 saturated heterocycles. The molecule has 9 heteroatoms. The van der Waals surface area contributed by atoms with E-state index in [0.29, 0.717) is 41.0 Å². The molecule has 0 atom stereocenters. The van der Waals surface area contributed by atoms with E-state index in [0.717, 1.165) is 39.3 Å². The molecule has 32 heavy (non-hydrogen) atoms. The fourth-order valence-electron chi connectivity index (χ4n) is 3.53. The highest BCUT2D eigenvalue weighted by Crippen LogP contribution is 2.32. The third kappa shape index (κ3) is 6.54. The predicted octanol–water partition coefficient (Wildman–Crippen LogP) is 2.01. The van der Waals surface area contributed by atoms with Crippen LogP contribution in [-0.4, -0.2) is 75.2 Å². The average Bonchev–Trinajstić information content (AvgIpc) is 3.16. The third-order valence-electron chi connectivity index (χ3n) is 5.32. The van der Waals surface area contributed by atoms with Crippen LogP contribution in [0.5, 0.6) is 11.5 Å². The maximum absolute atomic E-state index is 12.4. The first kappa shape index (κ1) is 23.7. The van der Waals surface area contributed by atoms with Crippen LogP contribution in [-0.2, 0) is 20.7 Å². The van der Waals surface area contributed by atoms with Gasteiger partial charge in [-0.2, -0.15) is 0 Å². The van der Waals surface area contributed by atoms with Gasteiger partial charge in [0.05, 0.1) is 46.0 Å². The Morgan fingerprint density at radius 2 is 1.91 bits per heavy atom. The van der Waals surface area contributed by atoms with Crippen molar-refractivity contribution in [1.29, 1.82) is 0 Å². The topological polar surface area (TPSA) is 103 Å². The molecular weight excluding hydrogens is 414 g/mol. The van der Waals surface area contributed by atoms with Crippen LogP contribution in [0.1, 0.15) is 24.3 Å². The molecule has 1 amide bonds. The molecular formula is C23H31N3O6. The lowest BCUT2D eigenvalue weighted by Crippen LogP contribution is -2.38. The highest BCUT2D eigenvalue weighted by molar-refractivity contribution is 5.98. The minimum absolute atomic E-state index is 0.0455. The SMILES string of the molecule is COc1ccc(-c2nc(CC(=O)CC(=O)NCCCN3CCOCC3)c(C)o2)cc1OC. The van der Waals surface area contributed by atoms with E-state index < -0.39 is 0 Å². The molecule has 0 spiro atoms. The number of methoxy groups -OCH3 is 2. The molecule has 1 aliphatic heterocycles. The number of ketones is 1. The maximum atomic E-state index is 12.4. The van der Waals surface area contributed by atoms with Gasteiger partial charge >= 0.3 is 0 Å². The number of morpholine rings is 1. The second kappa shape index (κ2) is 11.6. The summed E-state index contributed by atoms with van der Waals surface area (Å²) in [6.45, 7) is 6.59. The number of nitrogens with zero attached hydrogens (tertiary/aromatic N) is 2. The summed E-state index contributed by atoms with van der Waals surface area (Å²) < 4.78 is 21.6. The Kier molecular flexibility index (Phi) is 8.64. The van der Waals surface area contributed by atoms with Gasteiger partial charge in [-0.25, -0.2) is 4.98 Å². The minimum Gasteiger partial charge on any atom is -0.493 e. The van der Waals surface area contributed by atoms with Crippen LogP contribution in [0.15, 0.2) is 22.6 Å². The van der Waals surface area contributed by atoms with Crippen LogP contribution in [0, 0.1) is 6.92 Å². The first-order chi connectivity index (χ1) is 15.5. The fraction of sp³-hybridized carbons (Fsp3) is 0.522. The summed E-state index contributed by atoms with van der Waals surface area (Å²) in [5.74, 6) is 1.63. The average molecular weight is 446 g/mol. The Labute approximate surface area is 188 Å². The normalized spacial score (nSPS) is 14.2. The Morgan fingerprint density at radius 3 is 2.62 bits per heavy atom. The van der Waals surface area contributed by atoms with Crippen molar-refractivity contribution in [3.05, 3.63) is 29.7 Å². The van der Waals surface area contributed by atoms with Gasteiger partial charge in [-0.3, -0.25) is 14.5 Å². The Bertz CT molecular complexity index is 920. The second-order valence-corrected chi connectivity index (χ2v) is 7.64. The number of amides is 1. The number of oxazole rings is 1. The molecule has 0 aliphatic carbocycles. The molecule has 1 fully saturated rings. The van der Waals surface area contributed by atoms with E-state index in [1.165, 1.54) is 0 Å². The number of aryl methyl sites for hydroxylation is 1. The summed E-state index contributed by atoms with van der Waals surface area (Å²) in [7, 11) is 3.12. The van der Waals surface area contributed by atoms with E-state index in [4.69, 9.17) is 18.6 Å².